The summed E-state index contributed by atoms with van der Waals surface area (Å²) in [5, 5.41) is 55.7. The second-order valence-corrected chi connectivity index (χ2v) is 7.00. The van der Waals surface area contributed by atoms with Crippen LogP contribution in [-0.4, -0.2) is 75.4 Å². The highest BCUT2D eigenvalue weighted by molar-refractivity contribution is 7.12. The van der Waals surface area contributed by atoms with Gasteiger partial charge >= 0.3 is 13.1 Å². The monoisotopic (exact) mass is 402 g/mol. The minimum Gasteiger partial charge on any atom is -0.481 e. The molecule has 1 aliphatic rings. The lowest BCUT2D eigenvalue weighted by atomic mass is 9.72. The van der Waals surface area contributed by atoms with Crippen molar-refractivity contribution in [3.05, 3.63) is 22.4 Å². The Kier molecular flexibility index (Phi) is 8.63. The van der Waals surface area contributed by atoms with Gasteiger partial charge in [-0.1, -0.05) is 11.2 Å². The predicted octanol–water partition coefficient (Wildman–Crippen LogP) is -0.880. The van der Waals surface area contributed by atoms with E-state index in [1.165, 1.54) is 11.3 Å². The van der Waals surface area contributed by atoms with Crippen molar-refractivity contribution in [1.29, 1.82) is 0 Å². The van der Waals surface area contributed by atoms with E-state index in [4.69, 9.17) is 24.8 Å². The van der Waals surface area contributed by atoms with E-state index in [1.54, 1.807) is 17.5 Å². The average Bonchev–Trinajstić information content (AvgIpc) is 3.10. The summed E-state index contributed by atoms with van der Waals surface area (Å²) in [5.74, 6) is -1.62. The van der Waals surface area contributed by atoms with Crippen molar-refractivity contribution < 1.29 is 39.7 Å². The largest absolute Gasteiger partial charge is 0.481 e. The molecule has 1 aromatic rings. The van der Waals surface area contributed by atoms with Gasteiger partial charge in [-0.3, -0.25) is 10.1 Å². The molecule has 1 saturated heterocycles. The standard InChI is InChI=1S/C15H23BN2O8S/c19-12(20)5-6-25-18-14(10-2-1-7-27-10)15(23)17-11-4-3-9(8-13(21)22)26-16(11)24/h1-2,7,9,11,13,15,17,21-24H,3-6,8H2,(H,19,20)/b18-14-/t9-,11-,15?/m0/s1. The van der Waals surface area contributed by atoms with Gasteiger partial charge in [0, 0.05) is 18.5 Å². The van der Waals surface area contributed by atoms with Gasteiger partial charge < -0.3 is 34.9 Å². The van der Waals surface area contributed by atoms with Gasteiger partial charge in [0.25, 0.3) is 0 Å². The summed E-state index contributed by atoms with van der Waals surface area (Å²) in [6.45, 7) is -0.142. The maximum Gasteiger partial charge on any atom is 0.472 e. The lowest BCUT2D eigenvalue weighted by Crippen LogP contribution is -2.55. The Bertz CT molecular complexity index is 615. The van der Waals surface area contributed by atoms with Crippen LogP contribution in [-0.2, 0) is 14.3 Å². The summed E-state index contributed by atoms with van der Waals surface area (Å²) in [5.41, 5.74) is 0.162. The fraction of sp³-hybridized carbons (Fsp3) is 0.600. The number of carboxylic acids is 1. The van der Waals surface area contributed by atoms with Crippen LogP contribution >= 0.6 is 11.3 Å². The number of aliphatic hydroxyl groups excluding tert-OH is 2. The minimum atomic E-state index is -1.52. The smallest absolute Gasteiger partial charge is 0.472 e. The van der Waals surface area contributed by atoms with Crippen LogP contribution in [0.4, 0.5) is 0 Å². The van der Waals surface area contributed by atoms with Crippen molar-refractivity contribution in [1.82, 2.24) is 5.32 Å². The molecular weight excluding hydrogens is 379 g/mol. The van der Waals surface area contributed by atoms with Crippen LogP contribution in [0.3, 0.4) is 0 Å². The Morgan fingerprint density at radius 1 is 1.44 bits per heavy atom. The molecule has 3 atom stereocenters. The molecule has 2 heterocycles. The molecular formula is C15H23BN2O8S. The van der Waals surface area contributed by atoms with E-state index in [-0.39, 0.29) is 25.2 Å². The number of thiophene rings is 1. The SMILES string of the molecule is O=C(O)CCO/N=C(/c1cccs1)C(O)N[C@H]1CC[C@@H](CC(O)O)OB1O. The normalized spacial score (nSPS) is 22.1. The number of hydrogen-bond acceptors (Lipinski definition) is 10. The molecule has 1 fully saturated rings. The van der Waals surface area contributed by atoms with Crippen molar-refractivity contribution in [2.45, 2.75) is 50.2 Å². The molecule has 1 unspecified atom stereocenters. The summed E-state index contributed by atoms with van der Waals surface area (Å²) < 4.78 is 5.33. The minimum absolute atomic E-state index is 0.00828. The number of carboxylic acid groups (broad SMARTS) is 1. The van der Waals surface area contributed by atoms with E-state index in [2.05, 4.69) is 10.5 Å². The number of nitrogens with zero attached hydrogens (tertiary/aromatic N) is 1. The molecule has 0 radical (unpaired) electrons. The number of nitrogens with one attached hydrogen (secondary N) is 1. The fourth-order valence-electron chi connectivity index (χ4n) is 2.63. The van der Waals surface area contributed by atoms with Crippen LogP contribution in [0.1, 0.15) is 30.6 Å². The van der Waals surface area contributed by atoms with Crippen molar-refractivity contribution in [2.24, 2.45) is 5.16 Å². The van der Waals surface area contributed by atoms with Crippen LogP contribution in [0.5, 0.6) is 0 Å². The number of oxime groups is 1. The van der Waals surface area contributed by atoms with E-state index >= 15 is 0 Å². The van der Waals surface area contributed by atoms with Crippen LogP contribution in [0.15, 0.2) is 22.7 Å². The quantitative estimate of drug-likeness (QED) is 0.0960. The molecule has 27 heavy (non-hydrogen) atoms. The molecule has 2 rings (SSSR count). The van der Waals surface area contributed by atoms with Crippen molar-refractivity contribution in [2.75, 3.05) is 6.61 Å². The van der Waals surface area contributed by atoms with Gasteiger partial charge in [-0.05, 0) is 24.3 Å². The molecule has 0 aliphatic carbocycles. The van der Waals surface area contributed by atoms with Gasteiger partial charge in [0.05, 0.1) is 11.3 Å². The molecule has 1 aromatic heterocycles. The second-order valence-electron chi connectivity index (χ2n) is 6.05. The first-order chi connectivity index (χ1) is 12.9. The van der Waals surface area contributed by atoms with E-state index in [9.17, 15) is 14.9 Å². The fourth-order valence-corrected chi connectivity index (χ4v) is 3.36. The molecule has 0 amide bonds. The molecule has 10 nitrogen and oxygen atoms in total. The highest BCUT2D eigenvalue weighted by atomic mass is 32.1. The molecule has 150 valence electrons. The van der Waals surface area contributed by atoms with Gasteiger partial charge in [0.15, 0.2) is 12.5 Å². The van der Waals surface area contributed by atoms with Gasteiger partial charge in [0.2, 0.25) is 0 Å². The van der Waals surface area contributed by atoms with E-state index < -0.39 is 37.7 Å². The Hall–Kier alpha value is -1.54. The number of rotatable bonds is 10. The lowest BCUT2D eigenvalue weighted by Gasteiger charge is -2.33. The molecule has 12 heteroatoms. The summed E-state index contributed by atoms with van der Waals surface area (Å²) in [6, 6.07) is 3.49. The topological polar surface area (TPSA) is 161 Å². The zero-order valence-corrected chi connectivity index (χ0v) is 15.3. The highest BCUT2D eigenvalue weighted by Gasteiger charge is 2.37. The third kappa shape index (κ3) is 7.18. The number of aliphatic hydroxyl groups is 3. The van der Waals surface area contributed by atoms with Gasteiger partial charge in [0.1, 0.15) is 12.3 Å². The van der Waals surface area contributed by atoms with Gasteiger partial charge in [-0.15, -0.1) is 11.3 Å². The molecule has 0 aromatic carbocycles. The van der Waals surface area contributed by atoms with Gasteiger partial charge in [-0.2, -0.15) is 0 Å². The second kappa shape index (κ2) is 10.7. The van der Waals surface area contributed by atoms with Crippen molar-refractivity contribution >= 4 is 30.1 Å². The van der Waals surface area contributed by atoms with Crippen molar-refractivity contribution in [3.63, 3.8) is 0 Å². The van der Waals surface area contributed by atoms with Crippen LogP contribution in [0.25, 0.3) is 0 Å². The summed E-state index contributed by atoms with van der Waals surface area (Å²) in [4.78, 5) is 16.2. The Morgan fingerprint density at radius 2 is 2.22 bits per heavy atom. The summed E-state index contributed by atoms with van der Waals surface area (Å²) >= 11 is 1.32. The molecule has 6 N–H and O–H groups in total. The lowest BCUT2D eigenvalue weighted by molar-refractivity contribution is -0.138. The molecule has 0 saturated carbocycles. The number of hydrogen-bond donors (Lipinski definition) is 6. The molecule has 1 aliphatic heterocycles. The van der Waals surface area contributed by atoms with E-state index in [1.807, 2.05) is 0 Å². The average molecular weight is 402 g/mol. The van der Waals surface area contributed by atoms with Gasteiger partial charge in [-0.25, -0.2) is 0 Å². The highest BCUT2D eigenvalue weighted by Crippen LogP contribution is 2.20. The maximum absolute atomic E-state index is 10.5. The molecule has 0 bridgehead atoms. The zero-order chi connectivity index (χ0) is 19.8. The third-order valence-corrected chi connectivity index (χ3v) is 4.82. The van der Waals surface area contributed by atoms with Crippen LogP contribution in [0.2, 0.25) is 0 Å². The Morgan fingerprint density at radius 3 is 2.81 bits per heavy atom. The zero-order valence-electron chi connectivity index (χ0n) is 14.5. The first-order valence-corrected chi connectivity index (χ1v) is 9.34. The number of carbonyl (C=O) groups is 1. The third-order valence-electron chi connectivity index (χ3n) is 3.92. The maximum atomic E-state index is 10.5. The molecule has 0 spiro atoms. The summed E-state index contributed by atoms with van der Waals surface area (Å²) in [6.07, 6.45) is -2.61. The Labute approximate surface area is 160 Å². The van der Waals surface area contributed by atoms with Crippen LogP contribution in [0, 0.1) is 0 Å². The predicted molar refractivity (Wildman–Crippen MR) is 96.9 cm³/mol. The summed E-state index contributed by atoms with van der Waals surface area (Å²) in [7, 11) is -1.24. The Balaban J connectivity index is 1.96. The van der Waals surface area contributed by atoms with Crippen LogP contribution < -0.4 is 5.32 Å². The van der Waals surface area contributed by atoms with E-state index in [0.29, 0.717) is 17.7 Å². The number of aliphatic carboxylic acids is 1. The first kappa shape index (κ1) is 21.8. The van der Waals surface area contributed by atoms with Crippen molar-refractivity contribution in [3.8, 4) is 0 Å². The van der Waals surface area contributed by atoms with E-state index in [0.717, 1.165) is 0 Å². The first-order valence-electron chi connectivity index (χ1n) is 8.46.